The smallest absolute Gasteiger partial charge is 0.253 e. The van der Waals surface area contributed by atoms with Gasteiger partial charge >= 0.3 is 0 Å². The molecule has 0 bridgehead atoms. The van der Waals surface area contributed by atoms with Crippen molar-refractivity contribution in [3.63, 3.8) is 0 Å². The summed E-state index contributed by atoms with van der Waals surface area (Å²) in [5.74, 6) is -1.97. The second kappa shape index (κ2) is 8.18. The van der Waals surface area contributed by atoms with E-state index in [1.165, 1.54) is 6.07 Å². The molecule has 6 heteroatoms. The highest BCUT2D eigenvalue weighted by molar-refractivity contribution is 6.30. The van der Waals surface area contributed by atoms with E-state index in [1.807, 2.05) is 6.92 Å². The average Bonchev–Trinajstić information content (AvgIpc) is 2.64. The van der Waals surface area contributed by atoms with Gasteiger partial charge < -0.3 is 10.6 Å². The summed E-state index contributed by atoms with van der Waals surface area (Å²) >= 11 is 5.88. The van der Waals surface area contributed by atoms with Crippen molar-refractivity contribution in [3.05, 3.63) is 100 Å². The number of amides is 1. The average molecular weight is 387 g/mol. The predicted molar refractivity (Wildman–Crippen MR) is 103 cm³/mol. The number of carbonyl (C=O) groups excluding carboxylic acids is 1. The molecule has 0 spiro atoms. The molecular formula is C21H17ClF2N2O. The molecule has 0 heterocycles. The van der Waals surface area contributed by atoms with Gasteiger partial charge in [0, 0.05) is 16.3 Å². The minimum atomic E-state index is -1.11. The third-order valence-electron chi connectivity index (χ3n) is 4.03. The van der Waals surface area contributed by atoms with Crippen molar-refractivity contribution < 1.29 is 13.6 Å². The number of halogens is 3. The number of benzene rings is 3. The molecule has 1 amide bonds. The van der Waals surface area contributed by atoms with Crippen LogP contribution >= 0.6 is 11.6 Å². The zero-order chi connectivity index (χ0) is 19.4. The Bertz CT molecular complexity index is 923. The topological polar surface area (TPSA) is 41.1 Å². The molecular weight excluding hydrogens is 370 g/mol. The standard InChI is InChI=1S/C21H17ClF2N2O/c1-13-5-7-14(8-6-13)21(27)26-20(19-17(23)3-2-4-18(19)24)25-16-11-9-15(22)10-12-16/h2-12,20,25H,1H3,(H,26,27). The lowest BCUT2D eigenvalue weighted by Crippen LogP contribution is -2.34. The van der Waals surface area contributed by atoms with Gasteiger partial charge in [0.15, 0.2) is 0 Å². The molecule has 0 aliphatic rings. The Kier molecular flexibility index (Phi) is 5.72. The van der Waals surface area contributed by atoms with Crippen LogP contribution in [0.15, 0.2) is 66.7 Å². The number of hydrogen-bond acceptors (Lipinski definition) is 2. The van der Waals surface area contributed by atoms with Gasteiger partial charge in [-0.1, -0.05) is 35.4 Å². The van der Waals surface area contributed by atoms with E-state index in [0.29, 0.717) is 16.3 Å². The first-order chi connectivity index (χ1) is 12.9. The summed E-state index contributed by atoms with van der Waals surface area (Å²) in [4.78, 5) is 12.6. The van der Waals surface area contributed by atoms with E-state index in [0.717, 1.165) is 17.7 Å². The maximum Gasteiger partial charge on any atom is 0.253 e. The summed E-state index contributed by atoms with van der Waals surface area (Å²) in [7, 11) is 0. The Hall–Kier alpha value is -2.92. The van der Waals surface area contributed by atoms with E-state index in [2.05, 4.69) is 10.6 Å². The van der Waals surface area contributed by atoms with Crippen molar-refractivity contribution in [2.45, 2.75) is 13.1 Å². The van der Waals surface area contributed by atoms with E-state index in [4.69, 9.17) is 11.6 Å². The molecule has 0 radical (unpaired) electrons. The maximum atomic E-state index is 14.3. The van der Waals surface area contributed by atoms with E-state index >= 15 is 0 Å². The van der Waals surface area contributed by atoms with Gasteiger partial charge in [0.2, 0.25) is 0 Å². The largest absolute Gasteiger partial charge is 0.361 e. The first kappa shape index (κ1) is 18.9. The molecule has 0 saturated carbocycles. The molecule has 1 unspecified atom stereocenters. The Labute approximate surface area is 161 Å². The van der Waals surface area contributed by atoms with Gasteiger partial charge in [-0.2, -0.15) is 0 Å². The fraction of sp³-hybridized carbons (Fsp3) is 0.0952. The van der Waals surface area contributed by atoms with Crippen molar-refractivity contribution in [1.29, 1.82) is 0 Å². The number of carbonyl (C=O) groups is 1. The monoisotopic (exact) mass is 386 g/mol. The van der Waals surface area contributed by atoms with Gasteiger partial charge in [-0.15, -0.1) is 0 Å². The summed E-state index contributed by atoms with van der Waals surface area (Å²) in [5.41, 5.74) is 1.67. The minimum Gasteiger partial charge on any atom is -0.361 e. The van der Waals surface area contributed by atoms with Gasteiger partial charge in [0.1, 0.15) is 17.8 Å². The van der Waals surface area contributed by atoms with Crippen molar-refractivity contribution in [2.24, 2.45) is 0 Å². The van der Waals surface area contributed by atoms with Gasteiger partial charge in [0.05, 0.1) is 5.56 Å². The molecule has 0 aromatic heterocycles. The van der Waals surface area contributed by atoms with Gasteiger partial charge in [0.25, 0.3) is 5.91 Å². The van der Waals surface area contributed by atoms with Crippen LogP contribution in [0.25, 0.3) is 0 Å². The van der Waals surface area contributed by atoms with E-state index in [1.54, 1.807) is 48.5 Å². The van der Waals surface area contributed by atoms with Crippen molar-refractivity contribution >= 4 is 23.2 Å². The second-order valence-electron chi connectivity index (χ2n) is 6.06. The fourth-order valence-corrected chi connectivity index (χ4v) is 2.73. The maximum absolute atomic E-state index is 14.3. The molecule has 138 valence electrons. The molecule has 2 N–H and O–H groups in total. The van der Waals surface area contributed by atoms with Crippen LogP contribution in [-0.2, 0) is 0 Å². The lowest BCUT2D eigenvalue weighted by Gasteiger charge is -2.23. The van der Waals surface area contributed by atoms with Crippen molar-refractivity contribution in [3.8, 4) is 0 Å². The van der Waals surface area contributed by atoms with Crippen LogP contribution in [0.2, 0.25) is 5.02 Å². The highest BCUT2D eigenvalue weighted by atomic mass is 35.5. The third-order valence-corrected chi connectivity index (χ3v) is 4.28. The molecule has 0 fully saturated rings. The Morgan fingerprint density at radius 1 is 0.926 bits per heavy atom. The molecule has 0 aliphatic heterocycles. The summed E-state index contributed by atoms with van der Waals surface area (Å²) < 4.78 is 28.6. The van der Waals surface area contributed by atoms with Crippen LogP contribution in [0.1, 0.15) is 27.7 Å². The summed E-state index contributed by atoms with van der Waals surface area (Å²) in [6.07, 6.45) is -1.11. The van der Waals surface area contributed by atoms with Crippen LogP contribution in [0, 0.1) is 18.6 Å². The van der Waals surface area contributed by atoms with Crippen molar-refractivity contribution in [2.75, 3.05) is 5.32 Å². The second-order valence-corrected chi connectivity index (χ2v) is 6.50. The Morgan fingerprint density at radius 3 is 2.11 bits per heavy atom. The number of hydrogen-bond donors (Lipinski definition) is 2. The van der Waals surface area contributed by atoms with Gasteiger partial charge in [-0.05, 0) is 55.5 Å². The molecule has 27 heavy (non-hydrogen) atoms. The zero-order valence-corrected chi connectivity index (χ0v) is 15.2. The SMILES string of the molecule is Cc1ccc(C(=O)NC(Nc2ccc(Cl)cc2)c2c(F)cccc2F)cc1. The lowest BCUT2D eigenvalue weighted by molar-refractivity contribution is 0.0940. The number of aryl methyl sites for hydroxylation is 1. The molecule has 3 aromatic carbocycles. The number of rotatable bonds is 5. The molecule has 0 saturated heterocycles. The van der Waals surface area contributed by atoms with Crippen LogP contribution in [-0.4, -0.2) is 5.91 Å². The van der Waals surface area contributed by atoms with E-state index in [-0.39, 0.29) is 5.56 Å². The summed E-state index contributed by atoms with van der Waals surface area (Å²) in [6.45, 7) is 1.90. The van der Waals surface area contributed by atoms with Crippen molar-refractivity contribution in [1.82, 2.24) is 5.32 Å². The molecule has 3 rings (SSSR count). The van der Waals surface area contributed by atoms with Gasteiger partial charge in [-0.25, -0.2) is 8.78 Å². The molecule has 0 aliphatic carbocycles. The minimum absolute atomic E-state index is 0.270. The first-order valence-corrected chi connectivity index (χ1v) is 8.65. The van der Waals surface area contributed by atoms with E-state index in [9.17, 15) is 13.6 Å². The predicted octanol–water partition coefficient (Wildman–Crippen LogP) is 5.47. The lowest BCUT2D eigenvalue weighted by atomic mass is 10.1. The Balaban J connectivity index is 1.92. The van der Waals surface area contributed by atoms with Gasteiger partial charge in [-0.3, -0.25) is 4.79 Å². The van der Waals surface area contributed by atoms with Crippen LogP contribution < -0.4 is 10.6 Å². The first-order valence-electron chi connectivity index (χ1n) is 8.27. The normalized spacial score (nSPS) is 11.7. The third kappa shape index (κ3) is 4.63. The quantitative estimate of drug-likeness (QED) is 0.571. The fourth-order valence-electron chi connectivity index (χ4n) is 2.60. The van der Waals surface area contributed by atoms with Crippen LogP contribution in [0.3, 0.4) is 0 Å². The molecule has 3 aromatic rings. The summed E-state index contributed by atoms with van der Waals surface area (Å²) in [5, 5.41) is 6.12. The van der Waals surface area contributed by atoms with Crippen LogP contribution in [0.5, 0.6) is 0 Å². The summed E-state index contributed by atoms with van der Waals surface area (Å²) in [6, 6.07) is 17.1. The zero-order valence-electron chi connectivity index (χ0n) is 14.5. The van der Waals surface area contributed by atoms with Crippen LogP contribution in [0.4, 0.5) is 14.5 Å². The Morgan fingerprint density at radius 2 is 1.52 bits per heavy atom. The highest BCUT2D eigenvalue weighted by Crippen LogP contribution is 2.24. The van der Waals surface area contributed by atoms with E-state index < -0.39 is 23.7 Å². The molecule has 1 atom stereocenters. The number of nitrogens with one attached hydrogen (secondary N) is 2. The molecule has 3 nitrogen and oxygen atoms in total. The number of anilines is 1. The highest BCUT2D eigenvalue weighted by Gasteiger charge is 2.22.